The maximum absolute atomic E-state index is 11.9. The molecule has 0 aliphatic carbocycles. The van der Waals surface area contributed by atoms with Crippen molar-refractivity contribution in [3.63, 3.8) is 0 Å². The van der Waals surface area contributed by atoms with Gasteiger partial charge in [-0.05, 0) is 40.9 Å². The Morgan fingerprint density at radius 2 is 2.29 bits per heavy atom. The first-order valence-corrected chi connectivity index (χ1v) is 7.59. The van der Waals surface area contributed by atoms with Gasteiger partial charge in [-0.1, -0.05) is 11.8 Å². The molecule has 4 nitrogen and oxygen atoms in total. The number of pyridine rings is 1. The zero-order valence-corrected chi connectivity index (χ0v) is 12.3. The van der Waals surface area contributed by atoms with Crippen LogP contribution in [0.1, 0.15) is 28.0 Å². The maximum atomic E-state index is 11.9. The van der Waals surface area contributed by atoms with Crippen molar-refractivity contribution in [3.05, 3.63) is 52.0 Å². The number of carbonyl (C=O) groups excluding carboxylic acids is 1. The summed E-state index contributed by atoms with van der Waals surface area (Å²) in [6.07, 6.45) is 2.82. The fourth-order valence-electron chi connectivity index (χ4n) is 1.67. The normalized spacial score (nSPS) is 9.76. The maximum Gasteiger partial charge on any atom is 0.269 e. The van der Waals surface area contributed by atoms with Gasteiger partial charge in [0.1, 0.15) is 5.69 Å². The SMILES string of the molecule is O=C(NCCc1ccsc1)c1ccc(C#CCCO)cn1. The first kappa shape index (κ1) is 15.2. The summed E-state index contributed by atoms with van der Waals surface area (Å²) in [4.78, 5) is 16.0. The third kappa shape index (κ3) is 5.03. The molecule has 108 valence electrons. The van der Waals surface area contributed by atoms with E-state index in [-0.39, 0.29) is 12.5 Å². The number of aliphatic hydroxyl groups is 1. The second-order valence-corrected chi connectivity index (χ2v) is 5.13. The molecule has 1 amide bonds. The van der Waals surface area contributed by atoms with Crippen molar-refractivity contribution in [3.8, 4) is 11.8 Å². The molecule has 21 heavy (non-hydrogen) atoms. The van der Waals surface area contributed by atoms with Crippen LogP contribution >= 0.6 is 11.3 Å². The van der Waals surface area contributed by atoms with Gasteiger partial charge in [0.15, 0.2) is 0 Å². The number of nitrogens with zero attached hydrogens (tertiary/aromatic N) is 1. The summed E-state index contributed by atoms with van der Waals surface area (Å²) in [6.45, 7) is 0.639. The third-order valence-electron chi connectivity index (χ3n) is 2.74. The van der Waals surface area contributed by atoms with Gasteiger partial charge < -0.3 is 10.4 Å². The molecule has 0 aromatic carbocycles. The van der Waals surface area contributed by atoms with Crippen LogP contribution in [0.25, 0.3) is 0 Å². The topological polar surface area (TPSA) is 62.2 Å². The Balaban J connectivity index is 1.83. The Bertz CT molecular complexity index is 625. The fraction of sp³-hybridized carbons (Fsp3) is 0.250. The molecule has 0 saturated carbocycles. The van der Waals surface area contributed by atoms with Gasteiger partial charge in [-0.25, -0.2) is 4.98 Å². The highest BCUT2D eigenvalue weighted by Gasteiger charge is 2.06. The summed E-state index contributed by atoms with van der Waals surface area (Å²) in [5.41, 5.74) is 2.34. The van der Waals surface area contributed by atoms with Gasteiger partial charge >= 0.3 is 0 Å². The van der Waals surface area contributed by atoms with Crippen molar-refractivity contribution < 1.29 is 9.90 Å². The van der Waals surface area contributed by atoms with Crippen molar-refractivity contribution in [1.82, 2.24) is 10.3 Å². The lowest BCUT2D eigenvalue weighted by Crippen LogP contribution is -2.26. The number of amides is 1. The summed E-state index contributed by atoms with van der Waals surface area (Å²) in [5.74, 6) is 5.50. The zero-order chi connectivity index (χ0) is 14.9. The summed E-state index contributed by atoms with van der Waals surface area (Å²) in [6, 6.07) is 5.46. The van der Waals surface area contributed by atoms with Crippen LogP contribution in [0, 0.1) is 11.8 Å². The van der Waals surface area contributed by atoms with Gasteiger partial charge in [0.25, 0.3) is 5.91 Å². The van der Waals surface area contributed by atoms with Crippen LogP contribution in [-0.4, -0.2) is 29.1 Å². The van der Waals surface area contributed by atoms with Gasteiger partial charge in [-0.3, -0.25) is 4.79 Å². The Hall–Kier alpha value is -2.16. The van der Waals surface area contributed by atoms with Crippen molar-refractivity contribution in [2.24, 2.45) is 0 Å². The summed E-state index contributed by atoms with van der Waals surface area (Å²) in [7, 11) is 0. The predicted octanol–water partition coefficient (Wildman–Crippen LogP) is 1.85. The molecule has 2 heterocycles. The second kappa shape index (κ2) is 8.20. The van der Waals surface area contributed by atoms with Crippen molar-refractivity contribution in [2.75, 3.05) is 13.2 Å². The first-order chi connectivity index (χ1) is 10.3. The minimum absolute atomic E-state index is 0.0467. The number of hydrogen-bond acceptors (Lipinski definition) is 4. The fourth-order valence-corrected chi connectivity index (χ4v) is 2.37. The molecule has 0 atom stereocenters. The van der Waals surface area contributed by atoms with Crippen LogP contribution in [0.2, 0.25) is 0 Å². The van der Waals surface area contributed by atoms with Gasteiger partial charge in [-0.2, -0.15) is 11.3 Å². The summed E-state index contributed by atoms with van der Waals surface area (Å²) >= 11 is 1.65. The van der Waals surface area contributed by atoms with E-state index < -0.39 is 0 Å². The zero-order valence-electron chi connectivity index (χ0n) is 11.5. The van der Waals surface area contributed by atoms with E-state index in [1.165, 1.54) is 5.56 Å². The molecule has 0 spiro atoms. The van der Waals surface area contributed by atoms with E-state index in [2.05, 4.69) is 33.6 Å². The number of hydrogen-bond donors (Lipinski definition) is 2. The Morgan fingerprint density at radius 3 is 2.95 bits per heavy atom. The Labute approximate surface area is 127 Å². The second-order valence-electron chi connectivity index (χ2n) is 4.34. The van der Waals surface area contributed by atoms with E-state index in [4.69, 9.17) is 5.11 Å². The number of thiophene rings is 1. The van der Waals surface area contributed by atoms with Crippen LogP contribution in [0.15, 0.2) is 35.2 Å². The number of carbonyl (C=O) groups is 1. The Kier molecular flexibility index (Phi) is 5.95. The van der Waals surface area contributed by atoms with E-state index in [0.29, 0.717) is 18.7 Å². The van der Waals surface area contributed by atoms with Crippen LogP contribution in [0.5, 0.6) is 0 Å². The number of rotatable bonds is 5. The van der Waals surface area contributed by atoms with Gasteiger partial charge in [0, 0.05) is 24.7 Å². The lowest BCUT2D eigenvalue weighted by atomic mass is 10.2. The highest BCUT2D eigenvalue weighted by Crippen LogP contribution is 2.06. The van der Waals surface area contributed by atoms with Gasteiger partial charge in [-0.15, -0.1) is 0 Å². The largest absolute Gasteiger partial charge is 0.395 e. The minimum atomic E-state index is -0.180. The smallest absolute Gasteiger partial charge is 0.269 e. The quantitative estimate of drug-likeness (QED) is 0.828. The molecular formula is C16H16N2O2S. The molecule has 0 aliphatic heterocycles. The van der Waals surface area contributed by atoms with E-state index >= 15 is 0 Å². The van der Waals surface area contributed by atoms with Gasteiger partial charge in [0.05, 0.1) is 6.61 Å². The summed E-state index contributed by atoms with van der Waals surface area (Å²) < 4.78 is 0. The standard InChI is InChI=1S/C16H16N2O2S/c19-9-2-1-3-13-4-5-15(18-11-13)16(20)17-8-6-14-7-10-21-12-14/h4-5,7,10-12,19H,2,6,8-9H2,(H,17,20). The monoisotopic (exact) mass is 300 g/mol. The average Bonchev–Trinajstić information content (AvgIpc) is 3.01. The van der Waals surface area contributed by atoms with E-state index in [0.717, 1.165) is 12.0 Å². The van der Waals surface area contributed by atoms with Crippen molar-refractivity contribution in [1.29, 1.82) is 0 Å². The van der Waals surface area contributed by atoms with E-state index in [1.807, 2.05) is 5.38 Å². The molecule has 2 N–H and O–H groups in total. The predicted molar refractivity (Wildman–Crippen MR) is 83.2 cm³/mol. The summed E-state index contributed by atoms with van der Waals surface area (Å²) in [5, 5.41) is 15.6. The molecule has 5 heteroatoms. The molecule has 0 saturated heterocycles. The molecule has 2 aromatic heterocycles. The van der Waals surface area contributed by atoms with Crippen LogP contribution < -0.4 is 5.32 Å². The molecule has 0 fully saturated rings. The lowest BCUT2D eigenvalue weighted by Gasteiger charge is -2.03. The first-order valence-electron chi connectivity index (χ1n) is 6.64. The molecular weight excluding hydrogens is 284 g/mol. The molecule has 0 aliphatic rings. The Morgan fingerprint density at radius 1 is 1.38 bits per heavy atom. The highest BCUT2D eigenvalue weighted by atomic mass is 32.1. The van der Waals surface area contributed by atoms with Crippen molar-refractivity contribution in [2.45, 2.75) is 12.8 Å². The third-order valence-corrected chi connectivity index (χ3v) is 3.48. The van der Waals surface area contributed by atoms with Gasteiger partial charge in [0.2, 0.25) is 0 Å². The molecule has 2 aromatic rings. The van der Waals surface area contributed by atoms with Crippen LogP contribution in [0.3, 0.4) is 0 Å². The minimum Gasteiger partial charge on any atom is -0.395 e. The van der Waals surface area contributed by atoms with Crippen LogP contribution in [-0.2, 0) is 6.42 Å². The number of aromatic nitrogens is 1. The van der Waals surface area contributed by atoms with Crippen LogP contribution in [0.4, 0.5) is 0 Å². The van der Waals surface area contributed by atoms with E-state index in [1.54, 1.807) is 29.7 Å². The molecule has 0 bridgehead atoms. The van der Waals surface area contributed by atoms with E-state index in [9.17, 15) is 4.79 Å². The number of nitrogens with one attached hydrogen (secondary N) is 1. The van der Waals surface area contributed by atoms with Crippen molar-refractivity contribution >= 4 is 17.2 Å². The lowest BCUT2D eigenvalue weighted by molar-refractivity contribution is 0.0949. The molecule has 0 unspecified atom stereocenters. The number of aliphatic hydroxyl groups excluding tert-OH is 1. The highest BCUT2D eigenvalue weighted by molar-refractivity contribution is 7.07. The average molecular weight is 300 g/mol. The molecule has 0 radical (unpaired) electrons. The molecule has 2 rings (SSSR count).